The number of benzene rings is 1. The molecule has 0 radical (unpaired) electrons. The maximum Gasteiger partial charge on any atom is 0.451 e. The van der Waals surface area contributed by atoms with Crippen LogP contribution in [0.25, 0.3) is 10.9 Å². The summed E-state index contributed by atoms with van der Waals surface area (Å²) < 4.78 is 44.4. The monoisotopic (exact) mass is 341 g/mol. The number of carboxylic acid groups (broad SMARTS) is 1. The minimum Gasteiger partial charge on any atom is -0.497 e. The Morgan fingerprint density at radius 1 is 1.38 bits per heavy atom. The normalized spacial score (nSPS) is 18.2. The van der Waals surface area contributed by atoms with Crippen LogP contribution in [0.15, 0.2) is 18.2 Å². The highest BCUT2D eigenvalue weighted by Gasteiger charge is 2.38. The topological polar surface area (TPSA) is 75.5 Å². The average molecular weight is 341 g/mol. The van der Waals surface area contributed by atoms with Crippen LogP contribution < -0.4 is 9.64 Å². The molecule has 1 N–H and O–H groups in total. The third-order valence-electron chi connectivity index (χ3n) is 3.95. The molecule has 2 aromatic rings. The van der Waals surface area contributed by atoms with Crippen molar-refractivity contribution in [1.29, 1.82) is 0 Å². The van der Waals surface area contributed by atoms with E-state index in [1.54, 1.807) is 12.1 Å². The maximum atomic E-state index is 13.1. The lowest BCUT2D eigenvalue weighted by Gasteiger charge is -2.24. The smallest absolute Gasteiger partial charge is 0.451 e. The van der Waals surface area contributed by atoms with Gasteiger partial charge in [-0.3, -0.25) is 0 Å². The zero-order valence-electron chi connectivity index (χ0n) is 12.7. The van der Waals surface area contributed by atoms with Gasteiger partial charge in [0.1, 0.15) is 17.6 Å². The fourth-order valence-electron chi connectivity index (χ4n) is 2.84. The number of anilines is 1. The average Bonchev–Trinajstić information content (AvgIpc) is 3.02. The summed E-state index contributed by atoms with van der Waals surface area (Å²) in [5.41, 5.74) is 0.0581. The number of ether oxygens (including phenoxy) is 1. The van der Waals surface area contributed by atoms with Crippen LogP contribution in [0.4, 0.5) is 19.0 Å². The Balaban J connectivity index is 2.23. The highest BCUT2D eigenvalue weighted by atomic mass is 19.4. The Bertz CT molecular complexity index is 795. The molecule has 1 aromatic heterocycles. The van der Waals surface area contributed by atoms with E-state index in [9.17, 15) is 23.1 Å². The molecule has 1 fully saturated rings. The molecule has 0 amide bonds. The van der Waals surface area contributed by atoms with Gasteiger partial charge in [0, 0.05) is 18.0 Å². The third-order valence-corrected chi connectivity index (χ3v) is 3.95. The van der Waals surface area contributed by atoms with Gasteiger partial charge in [-0.2, -0.15) is 13.2 Å². The molecule has 9 heteroatoms. The van der Waals surface area contributed by atoms with E-state index in [2.05, 4.69) is 9.97 Å². The molecule has 0 aliphatic carbocycles. The fourth-order valence-corrected chi connectivity index (χ4v) is 2.84. The van der Waals surface area contributed by atoms with Crippen molar-refractivity contribution >= 4 is 22.7 Å². The van der Waals surface area contributed by atoms with E-state index in [0.29, 0.717) is 30.5 Å². The number of aliphatic carboxylic acids is 1. The van der Waals surface area contributed by atoms with Crippen molar-refractivity contribution in [2.75, 3.05) is 18.6 Å². The summed E-state index contributed by atoms with van der Waals surface area (Å²) >= 11 is 0. The molecule has 2 heterocycles. The number of carbonyl (C=O) groups is 1. The Kier molecular flexibility index (Phi) is 3.94. The molecule has 1 unspecified atom stereocenters. The SMILES string of the molecule is COc1ccc2c(N3CCCC3C(=O)O)nc(C(F)(F)F)nc2c1. The molecule has 128 valence electrons. The van der Waals surface area contributed by atoms with Crippen LogP contribution in [-0.4, -0.2) is 40.7 Å². The minimum absolute atomic E-state index is 0.0140. The third kappa shape index (κ3) is 2.81. The largest absolute Gasteiger partial charge is 0.497 e. The van der Waals surface area contributed by atoms with E-state index in [1.807, 2.05) is 0 Å². The summed E-state index contributed by atoms with van der Waals surface area (Å²) in [6.45, 7) is 0.326. The molecule has 1 aromatic carbocycles. The number of carboxylic acids is 1. The predicted octanol–water partition coefficient (Wildman–Crippen LogP) is 2.71. The first kappa shape index (κ1) is 16.3. The van der Waals surface area contributed by atoms with Gasteiger partial charge in [0.05, 0.1) is 12.6 Å². The molecule has 1 aliphatic rings. The van der Waals surface area contributed by atoms with Crippen LogP contribution in [0.5, 0.6) is 5.75 Å². The number of halogens is 3. The molecule has 1 aliphatic heterocycles. The molecule has 1 saturated heterocycles. The van der Waals surface area contributed by atoms with Gasteiger partial charge in [0.15, 0.2) is 0 Å². The number of hydrogen-bond acceptors (Lipinski definition) is 5. The maximum absolute atomic E-state index is 13.1. The number of rotatable bonds is 3. The van der Waals surface area contributed by atoms with E-state index in [0.717, 1.165) is 0 Å². The van der Waals surface area contributed by atoms with Crippen molar-refractivity contribution in [3.63, 3.8) is 0 Å². The van der Waals surface area contributed by atoms with Gasteiger partial charge in [-0.15, -0.1) is 0 Å². The summed E-state index contributed by atoms with van der Waals surface area (Å²) in [4.78, 5) is 20.0. The lowest BCUT2D eigenvalue weighted by Crippen LogP contribution is -2.37. The second-order valence-electron chi connectivity index (χ2n) is 5.44. The number of aromatic nitrogens is 2. The van der Waals surface area contributed by atoms with E-state index < -0.39 is 24.0 Å². The second-order valence-corrected chi connectivity index (χ2v) is 5.44. The summed E-state index contributed by atoms with van der Waals surface area (Å²) in [7, 11) is 1.40. The van der Waals surface area contributed by atoms with E-state index >= 15 is 0 Å². The molecular formula is C15H14F3N3O3. The number of fused-ring (bicyclic) bond motifs is 1. The lowest BCUT2D eigenvalue weighted by atomic mass is 10.2. The fraction of sp³-hybridized carbons (Fsp3) is 0.400. The molecule has 0 saturated carbocycles. The van der Waals surface area contributed by atoms with Gasteiger partial charge in [-0.1, -0.05) is 0 Å². The van der Waals surface area contributed by atoms with Crippen molar-refractivity contribution < 1.29 is 27.8 Å². The molecule has 1 atom stereocenters. The first-order chi connectivity index (χ1) is 11.3. The van der Waals surface area contributed by atoms with Gasteiger partial charge in [-0.05, 0) is 25.0 Å². The van der Waals surface area contributed by atoms with Crippen molar-refractivity contribution in [3.05, 3.63) is 24.0 Å². The quantitative estimate of drug-likeness (QED) is 0.925. The lowest BCUT2D eigenvalue weighted by molar-refractivity contribution is -0.144. The van der Waals surface area contributed by atoms with Crippen molar-refractivity contribution in [2.24, 2.45) is 0 Å². The summed E-state index contributed by atoms with van der Waals surface area (Å²) in [5.74, 6) is -2.04. The zero-order chi connectivity index (χ0) is 17.5. The van der Waals surface area contributed by atoms with Crippen LogP contribution in [0.1, 0.15) is 18.7 Å². The standard InChI is InChI=1S/C15H14F3N3O3/c1-24-8-4-5-9-10(7-8)19-14(15(16,17)18)20-12(9)21-6-2-3-11(21)13(22)23/h4-5,7,11H,2-3,6H2,1H3,(H,22,23). The van der Waals surface area contributed by atoms with E-state index in [-0.39, 0.29) is 11.3 Å². The highest BCUT2D eigenvalue weighted by molar-refractivity contribution is 5.92. The highest BCUT2D eigenvalue weighted by Crippen LogP contribution is 2.35. The summed E-state index contributed by atoms with van der Waals surface area (Å²) in [5, 5.41) is 9.66. The summed E-state index contributed by atoms with van der Waals surface area (Å²) in [6, 6.07) is 3.60. The molecule has 24 heavy (non-hydrogen) atoms. The van der Waals surface area contributed by atoms with Crippen LogP contribution in [0.3, 0.4) is 0 Å². The van der Waals surface area contributed by atoms with Crippen LogP contribution >= 0.6 is 0 Å². The van der Waals surface area contributed by atoms with Crippen LogP contribution in [-0.2, 0) is 11.0 Å². The first-order valence-electron chi connectivity index (χ1n) is 7.23. The van der Waals surface area contributed by atoms with Crippen molar-refractivity contribution in [1.82, 2.24) is 9.97 Å². The van der Waals surface area contributed by atoms with Gasteiger partial charge in [0.2, 0.25) is 5.82 Å². The van der Waals surface area contributed by atoms with Crippen molar-refractivity contribution in [2.45, 2.75) is 25.1 Å². The molecular weight excluding hydrogens is 327 g/mol. The summed E-state index contributed by atoms with van der Waals surface area (Å²) in [6.07, 6.45) is -3.80. The molecule has 0 bridgehead atoms. The molecule has 0 spiro atoms. The number of nitrogens with zero attached hydrogens (tertiary/aromatic N) is 3. The Morgan fingerprint density at radius 3 is 2.75 bits per heavy atom. The van der Waals surface area contributed by atoms with E-state index in [4.69, 9.17) is 4.74 Å². The number of methoxy groups -OCH3 is 1. The predicted molar refractivity (Wildman–Crippen MR) is 79.1 cm³/mol. The van der Waals surface area contributed by atoms with Gasteiger partial charge in [-0.25, -0.2) is 14.8 Å². The zero-order valence-corrected chi connectivity index (χ0v) is 12.7. The van der Waals surface area contributed by atoms with Crippen LogP contribution in [0, 0.1) is 0 Å². The van der Waals surface area contributed by atoms with E-state index in [1.165, 1.54) is 18.1 Å². The number of hydrogen-bond donors (Lipinski definition) is 1. The Hall–Kier alpha value is -2.58. The van der Waals surface area contributed by atoms with Gasteiger partial charge >= 0.3 is 12.1 Å². The Morgan fingerprint density at radius 2 is 2.12 bits per heavy atom. The molecule has 6 nitrogen and oxygen atoms in total. The molecule has 3 rings (SSSR count). The first-order valence-corrected chi connectivity index (χ1v) is 7.23. The van der Waals surface area contributed by atoms with Gasteiger partial charge in [0.25, 0.3) is 0 Å². The Labute approximate surface area is 134 Å². The second kappa shape index (κ2) is 5.81. The van der Waals surface area contributed by atoms with Crippen molar-refractivity contribution in [3.8, 4) is 5.75 Å². The number of alkyl halides is 3. The van der Waals surface area contributed by atoms with Crippen LogP contribution in [0.2, 0.25) is 0 Å². The van der Waals surface area contributed by atoms with Gasteiger partial charge < -0.3 is 14.7 Å². The minimum atomic E-state index is -4.73.